The molecule has 0 aliphatic carbocycles. The Labute approximate surface area is 108 Å². The number of rotatable bonds is 4. The average Bonchev–Trinajstić information content (AvgIpc) is 2.72. The van der Waals surface area contributed by atoms with Crippen LogP contribution >= 0.6 is 15.9 Å². The summed E-state index contributed by atoms with van der Waals surface area (Å²) in [5, 5.41) is 0. The maximum Gasteiger partial charge on any atom is 0.137 e. The van der Waals surface area contributed by atoms with E-state index in [1.54, 1.807) is 6.07 Å². The number of hydrogen-bond acceptors (Lipinski definition) is 1. The van der Waals surface area contributed by atoms with E-state index in [4.69, 9.17) is 5.73 Å². The predicted octanol–water partition coefficient (Wildman–Crippen LogP) is 2.94. The van der Waals surface area contributed by atoms with Gasteiger partial charge in [0.15, 0.2) is 0 Å². The van der Waals surface area contributed by atoms with Crippen LogP contribution in [0.3, 0.4) is 0 Å². The van der Waals surface area contributed by atoms with Crippen LogP contribution in [0.15, 0.2) is 41.0 Å². The summed E-state index contributed by atoms with van der Waals surface area (Å²) in [6, 6.07) is 9.15. The van der Waals surface area contributed by atoms with E-state index in [9.17, 15) is 4.39 Å². The third kappa shape index (κ3) is 2.96. The van der Waals surface area contributed by atoms with Gasteiger partial charge in [-0.05, 0) is 58.7 Å². The fourth-order valence-electron chi connectivity index (χ4n) is 1.81. The molecular formula is C13H14BrFN2. The topological polar surface area (TPSA) is 30.9 Å². The zero-order chi connectivity index (χ0) is 12.3. The van der Waals surface area contributed by atoms with Gasteiger partial charge >= 0.3 is 0 Å². The third-order valence-corrected chi connectivity index (χ3v) is 3.27. The second-order valence-corrected chi connectivity index (χ2v) is 4.77. The normalized spacial score (nSPS) is 10.8. The van der Waals surface area contributed by atoms with Gasteiger partial charge in [-0.1, -0.05) is 6.07 Å². The molecule has 0 bridgehead atoms. The van der Waals surface area contributed by atoms with Gasteiger partial charge in [0.2, 0.25) is 0 Å². The van der Waals surface area contributed by atoms with Crippen LogP contribution in [-0.4, -0.2) is 11.1 Å². The first-order valence-electron chi connectivity index (χ1n) is 5.48. The standard InChI is InChI=1S/C13H14BrFN2/c14-12-8-10(3-4-13(12)15)9-17-7-1-2-11(17)5-6-16/h1-4,7-8H,5-6,9,16H2. The summed E-state index contributed by atoms with van der Waals surface area (Å²) < 4.78 is 15.7. The van der Waals surface area contributed by atoms with Crippen LogP contribution in [-0.2, 0) is 13.0 Å². The lowest BCUT2D eigenvalue weighted by Gasteiger charge is -2.09. The van der Waals surface area contributed by atoms with Crippen LogP contribution in [0.1, 0.15) is 11.3 Å². The fraction of sp³-hybridized carbons (Fsp3) is 0.231. The van der Waals surface area contributed by atoms with Crippen molar-refractivity contribution in [2.24, 2.45) is 5.73 Å². The van der Waals surface area contributed by atoms with E-state index in [1.165, 1.54) is 11.8 Å². The van der Waals surface area contributed by atoms with Crippen molar-refractivity contribution in [2.45, 2.75) is 13.0 Å². The highest BCUT2D eigenvalue weighted by molar-refractivity contribution is 9.10. The van der Waals surface area contributed by atoms with Crippen molar-refractivity contribution in [1.82, 2.24) is 4.57 Å². The van der Waals surface area contributed by atoms with Crippen molar-refractivity contribution in [3.05, 3.63) is 58.1 Å². The predicted molar refractivity (Wildman–Crippen MR) is 70.4 cm³/mol. The van der Waals surface area contributed by atoms with E-state index in [0.717, 1.165) is 18.5 Å². The first kappa shape index (κ1) is 12.3. The Morgan fingerprint density at radius 3 is 2.82 bits per heavy atom. The number of benzene rings is 1. The number of nitrogens with zero attached hydrogens (tertiary/aromatic N) is 1. The Morgan fingerprint density at radius 1 is 1.29 bits per heavy atom. The first-order chi connectivity index (χ1) is 8.20. The van der Waals surface area contributed by atoms with Gasteiger partial charge in [0.05, 0.1) is 4.47 Å². The van der Waals surface area contributed by atoms with Crippen molar-refractivity contribution < 1.29 is 4.39 Å². The molecule has 0 saturated heterocycles. The van der Waals surface area contributed by atoms with Crippen LogP contribution in [0.2, 0.25) is 0 Å². The van der Waals surface area contributed by atoms with E-state index in [1.807, 2.05) is 18.3 Å². The maximum absolute atomic E-state index is 13.1. The number of nitrogens with two attached hydrogens (primary N) is 1. The molecule has 2 N–H and O–H groups in total. The molecule has 2 aromatic rings. The molecule has 1 aromatic heterocycles. The molecule has 2 rings (SSSR count). The first-order valence-corrected chi connectivity index (χ1v) is 6.28. The molecule has 0 amide bonds. The summed E-state index contributed by atoms with van der Waals surface area (Å²) in [6.07, 6.45) is 2.87. The Bertz CT molecular complexity index is 508. The quantitative estimate of drug-likeness (QED) is 0.924. The van der Waals surface area contributed by atoms with Gasteiger partial charge < -0.3 is 10.3 Å². The molecule has 0 radical (unpaired) electrons. The minimum Gasteiger partial charge on any atom is -0.347 e. The summed E-state index contributed by atoms with van der Waals surface area (Å²) in [7, 11) is 0. The molecule has 4 heteroatoms. The Hall–Kier alpha value is -1.13. The fourth-order valence-corrected chi connectivity index (χ4v) is 2.24. The highest BCUT2D eigenvalue weighted by Gasteiger charge is 2.04. The van der Waals surface area contributed by atoms with E-state index >= 15 is 0 Å². The van der Waals surface area contributed by atoms with Gasteiger partial charge in [-0.3, -0.25) is 0 Å². The zero-order valence-corrected chi connectivity index (χ0v) is 11.0. The largest absolute Gasteiger partial charge is 0.347 e. The minimum absolute atomic E-state index is 0.233. The van der Waals surface area contributed by atoms with Gasteiger partial charge in [-0.25, -0.2) is 4.39 Å². The molecule has 90 valence electrons. The lowest BCUT2D eigenvalue weighted by atomic mass is 10.2. The summed E-state index contributed by atoms with van der Waals surface area (Å²) in [5.41, 5.74) is 7.82. The minimum atomic E-state index is -0.233. The van der Waals surface area contributed by atoms with E-state index in [2.05, 4.69) is 26.6 Å². The van der Waals surface area contributed by atoms with Crippen LogP contribution in [0, 0.1) is 5.82 Å². The summed E-state index contributed by atoms with van der Waals surface area (Å²) >= 11 is 3.20. The molecule has 0 saturated carbocycles. The molecule has 0 spiro atoms. The molecule has 0 fully saturated rings. The van der Waals surface area contributed by atoms with Gasteiger partial charge in [-0.2, -0.15) is 0 Å². The molecule has 17 heavy (non-hydrogen) atoms. The Balaban J connectivity index is 2.19. The van der Waals surface area contributed by atoms with Crippen molar-refractivity contribution in [3.63, 3.8) is 0 Å². The van der Waals surface area contributed by atoms with E-state index in [-0.39, 0.29) is 5.82 Å². The van der Waals surface area contributed by atoms with Gasteiger partial charge in [0, 0.05) is 18.4 Å². The number of halogens is 2. The van der Waals surface area contributed by atoms with Crippen molar-refractivity contribution in [3.8, 4) is 0 Å². The van der Waals surface area contributed by atoms with Gasteiger partial charge in [0.1, 0.15) is 5.82 Å². The Kier molecular flexibility index (Phi) is 3.97. The lowest BCUT2D eigenvalue weighted by molar-refractivity contribution is 0.619. The smallest absolute Gasteiger partial charge is 0.137 e. The highest BCUT2D eigenvalue weighted by Crippen LogP contribution is 2.18. The molecule has 0 aliphatic heterocycles. The second-order valence-electron chi connectivity index (χ2n) is 3.91. The lowest BCUT2D eigenvalue weighted by Crippen LogP contribution is -2.09. The molecule has 2 nitrogen and oxygen atoms in total. The SMILES string of the molecule is NCCc1cccn1Cc1ccc(F)c(Br)c1. The van der Waals surface area contributed by atoms with Crippen LogP contribution in [0.25, 0.3) is 0 Å². The molecule has 0 unspecified atom stereocenters. The van der Waals surface area contributed by atoms with Crippen LogP contribution < -0.4 is 5.73 Å². The molecule has 1 heterocycles. The number of hydrogen-bond donors (Lipinski definition) is 1. The molecule has 1 aromatic carbocycles. The molecule has 0 aliphatic rings. The zero-order valence-electron chi connectivity index (χ0n) is 9.37. The van der Waals surface area contributed by atoms with E-state index < -0.39 is 0 Å². The molecular weight excluding hydrogens is 283 g/mol. The van der Waals surface area contributed by atoms with Crippen LogP contribution in [0.5, 0.6) is 0 Å². The second kappa shape index (κ2) is 5.47. The van der Waals surface area contributed by atoms with E-state index in [0.29, 0.717) is 11.0 Å². The van der Waals surface area contributed by atoms with Crippen molar-refractivity contribution >= 4 is 15.9 Å². The van der Waals surface area contributed by atoms with Crippen molar-refractivity contribution in [1.29, 1.82) is 0 Å². The summed E-state index contributed by atoms with van der Waals surface area (Å²) in [4.78, 5) is 0. The summed E-state index contributed by atoms with van der Waals surface area (Å²) in [5.74, 6) is -0.233. The van der Waals surface area contributed by atoms with Crippen LogP contribution in [0.4, 0.5) is 4.39 Å². The summed E-state index contributed by atoms with van der Waals surface area (Å²) in [6.45, 7) is 1.37. The highest BCUT2D eigenvalue weighted by atomic mass is 79.9. The number of aromatic nitrogens is 1. The average molecular weight is 297 g/mol. The monoisotopic (exact) mass is 296 g/mol. The van der Waals surface area contributed by atoms with Crippen molar-refractivity contribution in [2.75, 3.05) is 6.54 Å². The van der Waals surface area contributed by atoms with Gasteiger partial charge in [0.25, 0.3) is 0 Å². The molecule has 0 atom stereocenters. The maximum atomic E-state index is 13.1. The van der Waals surface area contributed by atoms with Gasteiger partial charge in [-0.15, -0.1) is 0 Å². The Morgan fingerprint density at radius 2 is 2.12 bits per heavy atom. The third-order valence-electron chi connectivity index (χ3n) is 2.66.